The average Bonchev–Trinajstić information content (AvgIpc) is 2.17. The van der Waals surface area contributed by atoms with Crippen molar-refractivity contribution in [1.29, 1.82) is 0 Å². The number of primary sulfonamides is 1. The summed E-state index contributed by atoms with van der Waals surface area (Å²) in [5.74, 6) is -1.08. The summed E-state index contributed by atoms with van der Waals surface area (Å²) in [5.41, 5.74) is 0. The molecule has 18 heavy (non-hydrogen) atoms. The van der Waals surface area contributed by atoms with E-state index in [-0.39, 0.29) is 3.57 Å². The Labute approximate surface area is 113 Å². The van der Waals surface area contributed by atoms with Gasteiger partial charge in [-0.25, -0.2) is 18.5 Å². The first kappa shape index (κ1) is 15.2. The third kappa shape index (κ3) is 3.58. The van der Waals surface area contributed by atoms with Gasteiger partial charge in [0, 0.05) is 0 Å². The maximum absolute atomic E-state index is 12.1. The van der Waals surface area contributed by atoms with Crippen molar-refractivity contribution in [3.05, 3.63) is 9.77 Å². The van der Waals surface area contributed by atoms with Gasteiger partial charge in [-0.3, -0.25) is 0 Å². The number of methoxy groups -OCH3 is 1. The summed E-state index contributed by atoms with van der Waals surface area (Å²) in [5, 5.41) is 4.18. The quantitative estimate of drug-likeness (QED) is 0.774. The van der Waals surface area contributed by atoms with Crippen LogP contribution in [0.1, 0.15) is 0 Å². The largest absolute Gasteiger partial charge is 0.573 e. The summed E-state index contributed by atoms with van der Waals surface area (Å²) in [6, 6.07) is 0. The minimum atomic E-state index is -4.92. The Hall–Kier alpha value is -0.820. The van der Waals surface area contributed by atoms with Crippen molar-refractivity contribution in [3.63, 3.8) is 0 Å². The van der Waals surface area contributed by atoms with E-state index in [2.05, 4.69) is 14.5 Å². The first-order chi connectivity index (χ1) is 8.06. The fraction of sp³-hybridized carbons (Fsp3) is 0.286. The zero-order valence-electron chi connectivity index (χ0n) is 8.66. The summed E-state index contributed by atoms with van der Waals surface area (Å²) in [7, 11) is -3.13. The number of hydrogen-bond acceptors (Lipinski definition) is 5. The molecule has 0 aliphatic rings. The summed E-state index contributed by atoms with van der Waals surface area (Å²) >= 11 is 1.44. The van der Waals surface area contributed by atoms with Crippen molar-refractivity contribution in [3.8, 4) is 11.5 Å². The van der Waals surface area contributed by atoms with Crippen LogP contribution in [0.5, 0.6) is 11.5 Å². The van der Waals surface area contributed by atoms with E-state index in [1.807, 2.05) is 0 Å². The van der Waals surface area contributed by atoms with Crippen molar-refractivity contribution >= 4 is 32.6 Å². The fourth-order valence-corrected chi connectivity index (χ4v) is 2.57. The molecule has 1 rings (SSSR count). The summed E-state index contributed by atoms with van der Waals surface area (Å²) in [6.07, 6.45) is -4.31. The number of hydrogen-bond donors (Lipinski definition) is 1. The zero-order chi connectivity index (χ0) is 14.1. The van der Waals surface area contributed by atoms with Gasteiger partial charge in [0.15, 0.2) is 11.5 Å². The van der Waals surface area contributed by atoms with E-state index in [0.29, 0.717) is 6.20 Å². The second kappa shape index (κ2) is 5.05. The highest BCUT2D eigenvalue weighted by molar-refractivity contribution is 14.1. The second-order valence-electron chi connectivity index (χ2n) is 2.87. The van der Waals surface area contributed by atoms with Crippen LogP contribution >= 0.6 is 22.6 Å². The van der Waals surface area contributed by atoms with Crippen LogP contribution in [0, 0.1) is 3.57 Å². The van der Waals surface area contributed by atoms with Gasteiger partial charge < -0.3 is 9.47 Å². The number of nitrogens with zero attached hydrogens (tertiary/aromatic N) is 1. The van der Waals surface area contributed by atoms with E-state index in [0.717, 1.165) is 7.11 Å². The molecular formula is C7H6F3IN2O4S. The van der Waals surface area contributed by atoms with Crippen molar-refractivity contribution in [1.82, 2.24) is 4.98 Å². The molecule has 0 saturated carbocycles. The van der Waals surface area contributed by atoms with Gasteiger partial charge in [0.1, 0.15) is 3.57 Å². The number of nitrogens with two attached hydrogens (primary N) is 1. The van der Waals surface area contributed by atoms with Crippen molar-refractivity contribution in [2.75, 3.05) is 7.11 Å². The molecule has 0 spiro atoms. The molecule has 2 N–H and O–H groups in total. The molecule has 0 aliphatic heterocycles. The Morgan fingerprint density at radius 2 is 2.00 bits per heavy atom. The highest BCUT2D eigenvalue weighted by Gasteiger charge is 2.34. The first-order valence-electron chi connectivity index (χ1n) is 4.07. The lowest BCUT2D eigenvalue weighted by atomic mass is 10.4. The molecular weight excluding hydrogens is 392 g/mol. The Balaban J connectivity index is 3.39. The van der Waals surface area contributed by atoms with Crippen LogP contribution < -0.4 is 14.6 Å². The van der Waals surface area contributed by atoms with Gasteiger partial charge in [-0.15, -0.1) is 13.2 Å². The molecule has 102 valence electrons. The lowest BCUT2D eigenvalue weighted by molar-refractivity contribution is -0.275. The Bertz CT molecular complexity index is 561. The molecule has 0 unspecified atom stereocenters. The molecule has 0 aromatic carbocycles. The summed E-state index contributed by atoms with van der Waals surface area (Å²) in [4.78, 5) is 3.30. The molecule has 0 atom stereocenters. The van der Waals surface area contributed by atoms with Crippen LogP contribution in [0.2, 0.25) is 0 Å². The number of alkyl halides is 3. The SMILES string of the molecule is COc1c(S(N)(=O)=O)ncc(OC(F)(F)F)c1I. The number of aromatic nitrogens is 1. The molecule has 6 nitrogen and oxygen atoms in total. The van der Waals surface area contributed by atoms with Crippen LogP contribution in [0.25, 0.3) is 0 Å². The van der Waals surface area contributed by atoms with Crippen LogP contribution in [-0.2, 0) is 10.0 Å². The fourth-order valence-electron chi connectivity index (χ4n) is 1.01. The molecule has 0 aliphatic carbocycles. The highest BCUT2D eigenvalue weighted by atomic mass is 127. The smallest absolute Gasteiger partial charge is 0.492 e. The molecule has 0 saturated heterocycles. The van der Waals surface area contributed by atoms with E-state index in [9.17, 15) is 21.6 Å². The van der Waals surface area contributed by atoms with E-state index in [4.69, 9.17) is 5.14 Å². The average molecular weight is 398 g/mol. The molecule has 0 amide bonds. The number of pyridine rings is 1. The maximum Gasteiger partial charge on any atom is 0.573 e. The monoisotopic (exact) mass is 398 g/mol. The van der Waals surface area contributed by atoms with Crippen molar-refractivity contribution < 1.29 is 31.1 Å². The maximum atomic E-state index is 12.1. The highest BCUT2D eigenvalue weighted by Crippen LogP contribution is 2.36. The molecule has 0 radical (unpaired) electrons. The molecule has 0 bridgehead atoms. The summed E-state index contributed by atoms with van der Waals surface area (Å²) < 4.78 is 66.6. The lowest BCUT2D eigenvalue weighted by Gasteiger charge is -2.13. The van der Waals surface area contributed by atoms with E-state index >= 15 is 0 Å². The van der Waals surface area contributed by atoms with Gasteiger partial charge in [-0.05, 0) is 22.6 Å². The van der Waals surface area contributed by atoms with Crippen molar-refractivity contribution in [2.24, 2.45) is 5.14 Å². The topological polar surface area (TPSA) is 91.5 Å². The Kier molecular flexibility index (Phi) is 4.27. The van der Waals surface area contributed by atoms with Gasteiger partial charge in [0.25, 0.3) is 10.0 Å². The number of rotatable bonds is 3. The van der Waals surface area contributed by atoms with Crippen LogP contribution in [0.15, 0.2) is 11.2 Å². The predicted octanol–water partition coefficient (Wildman–Crippen LogP) is 1.24. The third-order valence-corrected chi connectivity index (χ3v) is 3.46. The normalized spacial score (nSPS) is 12.3. The third-order valence-electron chi connectivity index (χ3n) is 1.61. The van der Waals surface area contributed by atoms with E-state index < -0.39 is 32.9 Å². The van der Waals surface area contributed by atoms with Gasteiger partial charge >= 0.3 is 6.36 Å². The van der Waals surface area contributed by atoms with E-state index in [1.54, 1.807) is 0 Å². The number of halogens is 4. The molecule has 1 heterocycles. The zero-order valence-corrected chi connectivity index (χ0v) is 11.6. The van der Waals surface area contributed by atoms with Crippen molar-refractivity contribution in [2.45, 2.75) is 11.4 Å². The molecule has 1 aromatic rings. The Morgan fingerprint density at radius 3 is 2.39 bits per heavy atom. The standard InChI is InChI=1S/C7H6F3IN2O4S/c1-16-5-4(11)3(17-7(8,9)10)2-13-6(5)18(12,14)15/h2H,1H3,(H2,12,14,15). The van der Waals surface area contributed by atoms with Gasteiger partial charge in [-0.2, -0.15) is 0 Å². The minimum absolute atomic E-state index is 0.202. The second-order valence-corrected chi connectivity index (χ2v) is 5.42. The van der Waals surface area contributed by atoms with Crippen LogP contribution in [0.4, 0.5) is 13.2 Å². The minimum Gasteiger partial charge on any atom is -0.492 e. The number of sulfonamides is 1. The lowest BCUT2D eigenvalue weighted by Crippen LogP contribution is -2.20. The van der Waals surface area contributed by atoms with Gasteiger partial charge in [0.05, 0.1) is 13.3 Å². The first-order valence-corrected chi connectivity index (χ1v) is 6.70. The van der Waals surface area contributed by atoms with E-state index in [1.165, 1.54) is 22.6 Å². The molecule has 0 fully saturated rings. The number of ether oxygens (including phenoxy) is 2. The van der Waals surface area contributed by atoms with Gasteiger partial charge in [-0.1, -0.05) is 0 Å². The Morgan fingerprint density at radius 1 is 1.44 bits per heavy atom. The van der Waals surface area contributed by atoms with Crippen LogP contribution in [0.3, 0.4) is 0 Å². The summed E-state index contributed by atoms with van der Waals surface area (Å²) in [6.45, 7) is 0. The van der Waals surface area contributed by atoms with Crippen LogP contribution in [-0.4, -0.2) is 26.9 Å². The predicted molar refractivity (Wildman–Crippen MR) is 61.6 cm³/mol. The molecule has 11 heteroatoms. The van der Waals surface area contributed by atoms with Gasteiger partial charge in [0.2, 0.25) is 5.03 Å². The molecule has 1 aromatic heterocycles.